The number of hydrogen-bond donors (Lipinski definition) is 0. The molecule has 0 saturated carbocycles. The van der Waals surface area contributed by atoms with Gasteiger partial charge in [0.2, 0.25) is 0 Å². The van der Waals surface area contributed by atoms with Crippen LogP contribution in [0.3, 0.4) is 0 Å². The van der Waals surface area contributed by atoms with Gasteiger partial charge < -0.3 is 4.74 Å². The lowest BCUT2D eigenvalue weighted by Gasteiger charge is -2.22. The fraction of sp³-hybridized carbons (Fsp3) is 0.269. The molecule has 2 heterocycles. The number of methoxy groups -OCH3 is 1. The van der Waals surface area contributed by atoms with Crippen LogP contribution < -0.4 is 10.3 Å². The monoisotopic (exact) mass is 546 g/mol. The zero-order valence-electron chi connectivity index (χ0n) is 21.0. The van der Waals surface area contributed by atoms with Crippen molar-refractivity contribution in [2.45, 2.75) is 39.5 Å². The second-order valence-corrected chi connectivity index (χ2v) is 9.50. The number of halogens is 4. The molecule has 2 aromatic carbocycles. The second-order valence-electron chi connectivity index (χ2n) is 9.12. The van der Waals surface area contributed by atoms with E-state index in [-0.39, 0.29) is 34.7 Å². The van der Waals surface area contributed by atoms with Gasteiger partial charge in [-0.1, -0.05) is 45.4 Å². The maximum absolute atomic E-state index is 16.5. The first kappa shape index (κ1) is 27.1. The molecule has 8 nitrogen and oxygen atoms in total. The van der Waals surface area contributed by atoms with E-state index in [1.165, 1.54) is 25.6 Å². The highest BCUT2D eigenvalue weighted by Gasteiger charge is 2.33. The second kappa shape index (κ2) is 10.1. The molecule has 2 aromatic heterocycles. The zero-order chi connectivity index (χ0) is 28.0. The van der Waals surface area contributed by atoms with Crippen molar-refractivity contribution in [3.05, 3.63) is 84.9 Å². The van der Waals surface area contributed by atoms with Gasteiger partial charge in [0.15, 0.2) is 5.82 Å². The van der Waals surface area contributed by atoms with Crippen molar-refractivity contribution < 1.29 is 22.8 Å². The minimum absolute atomic E-state index is 0.00391. The Morgan fingerprint density at radius 1 is 1.03 bits per heavy atom. The van der Waals surface area contributed by atoms with E-state index in [4.69, 9.17) is 16.3 Å². The van der Waals surface area contributed by atoms with Crippen LogP contribution in [0.15, 0.2) is 35.4 Å². The Labute approximate surface area is 219 Å². The molecular formula is C26H22ClF3N4O4. The third kappa shape index (κ3) is 4.16. The van der Waals surface area contributed by atoms with E-state index in [2.05, 4.69) is 9.97 Å². The standard InChI is InChI=1S/C26H22ClF3N4O4/c1-11(2)21-25(22(12(3)4)32-10-31-21)33-23-13(19(27)24(26(33)35)34(36)37)9-15(29)18(20(23)30)17-14(28)7-6-8-16(17)38-5/h6-12H,1-5H3. The Kier molecular flexibility index (Phi) is 7.16. The van der Waals surface area contributed by atoms with Gasteiger partial charge in [-0.2, -0.15) is 0 Å². The predicted octanol–water partition coefficient (Wildman–Crippen LogP) is 6.68. The summed E-state index contributed by atoms with van der Waals surface area (Å²) in [5.74, 6) is -4.47. The maximum Gasteiger partial charge on any atom is 0.353 e. The summed E-state index contributed by atoms with van der Waals surface area (Å²) < 4.78 is 52.9. The smallest absolute Gasteiger partial charge is 0.353 e. The Bertz CT molecular complexity index is 1650. The fourth-order valence-corrected chi connectivity index (χ4v) is 4.72. The molecule has 0 bridgehead atoms. The average Bonchev–Trinajstić information content (AvgIpc) is 2.85. The van der Waals surface area contributed by atoms with E-state index in [0.29, 0.717) is 0 Å². The van der Waals surface area contributed by atoms with Gasteiger partial charge in [-0.3, -0.25) is 19.5 Å². The lowest BCUT2D eigenvalue weighted by molar-refractivity contribution is -0.386. The topological polar surface area (TPSA) is 100 Å². The van der Waals surface area contributed by atoms with Crippen LogP contribution in [0.1, 0.15) is 50.9 Å². The van der Waals surface area contributed by atoms with E-state index in [1.54, 1.807) is 27.7 Å². The van der Waals surface area contributed by atoms with Crippen LogP contribution in [0.4, 0.5) is 18.9 Å². The van der Waals surface area contributed by atoms with Gasteiger partial charge in [0, 0.05) is 5.39 Å². The normalized spacial score (nSPS) is 11.6. The maximum atomic E-state index is 16.5. The summed E-state index contributed by atoms with van der Waals surface area (Å²) in [6.07, 6.45) is 1.28. The summed E-state index contributed by atoms with van der Waals surface area (Å²) in [5, 5.41) is 10.7. The first-order valence-electron chi connectivity index (χ1n) is 11.5. The molecule has 0 radical (unpaired) electrons. The number of pyridine rings is 1. The number of nitro groups is 1. The van der Waals surface area contributed by atoms with Gasteiger partial charge in [-0.05, 0) is 30.0 Å². The van der Waals surface area contributed by atoms with Crippen LogP contribution in [-0.2, 0) is 0 Å². The van der Waals surface area contributed by atoms with Crippen LogP contribution in [0.5, 0.6) is 5.75 Å². The van der Waals surface area contributed by atoms with Crippen molar-refractivity contribution in [3.63, 3.8) is 0 Å². The van der Waals surface area contributed by atoms with Gasteiger partial charge in [0.05, 0.1) is 45.8 Å². The number of rotatable bonds is 6. The molecule has 38 heavy (non-hydrogen) atoms. The number of benzene rings is 2. The summed E-state index contributed by atoms with van der Waals surface area (Å²) in [5.41, 5.74) is -3.73. The van der Waals surface area contributed by atoms with Crippen LogP contribution in [0, 0.1) is 27.6 Å². The lowest BCUT2D eigenvalue weighted by Crippen LogP contribution is -2.26. The minimum atomic E-state index is -1.37. The summed E-state index contributed by atoms with van der Waals surface area (Å²) >= 11 is 6.22. The Hall–Kier alpha value is -3.99. The molecule has 0 aliphatic carbocycles. The van der Waals surface area contributed by atoms with E-state index < -0.39 is 60.7 Å². The highest BCUT2D eigenvalue weighted by Crippen LogP contribution is 2.42. The Morgan fingerprint density at radius 3 is 2.16 bits per heavy atom. The van der Waals surface area contributed by atoms with Gasteiger partial charge >= 0.3 is 11.2 Å². The largest absolute Gasteiger partial charge is 0.496 e. The van der Waals surface area contributed by atoms with E-state index in [0.717, 1.165) is 16.7 Å². The SMILES string of the molecule is COc1cccc(F)c1-c1c(F)cc2c(Cl)c([N+](=O)[O-])c(=O)n(-c3c(C(C)C)ncnc3C(C)C)c2c1F. The quantitative estimate of drug-likeness (QED) is 0.197. The average molecular weight is 547 g/mol. The number of nitrogens with zero attached hydrogens (tertiary/aromatic N) is 4. The summed E-state index contributed by atoms with van der Waals surface area (Å²) in [6.45, 7) is 7.05. The first-order valence-corrected chi connectivity index (χ1v) is 11.9. The molecule has 0 unspecified atom stereocenters. The molecule has 0 amide bonds. The number of fused-ring (bicyclic) bond motifs is 1. The summed E-state index contributed by atoms with van der Waals surface area (Å²) in [7, 11) is 1.20. The molecular weight excluding hydrogens is 525 g/mol. The van der Waals surface area contributed by atoms with E-state index in [9.17, 15) is 19.3 Å². The fourth-order valence-electron chi connectivity index (χ4n) is 4.42. The van der Waals surface area contributed by atoms with Crippen molar-refractivity contribution in [2.24, 2.45) is 0 Å². The molecule has 0 aliphatic rings. The highest BCUT2D eigenvalue weighted by atomic mass is 35.5. The van der Waals surface area contributed by atoms with Crippen LogP contribution in [-0.4, -0.2) is 26.6 Å². The minimum Gasteiger partial charge on any atom is -0.496 e. The Morgan fingerprint density at radius 2 is 1.63 bits per heavy atom. The van der Waals surface area contributed by atoms with Gasteiger partial charge in [0.25, 0.3) is 0 Å². The third-order valence-electron chi connectivity index (χ3n) is 6.09. The number of ether oxygens (including phenoxy) is 1. The van der Waals surface area contributed by atoms with E-state index in [1.807, 2.05) is 0 Å². The van der Waals surface area contributed by atoms with Crippen molar-refractivity contribution in [2.75, 3.05) is 7.11 Å². The number of aromatic nitrogens is 3. The molecule has 198 valence electrons. The highest BCUT2D eigenvalue weighted by molar-refractivity contribution is 6.37. The molecule has 0 fully saturated rings. The molecule has 12 heteroatoms. The van der Waals surface area contributed by atoms with Crippen molar-refractivity contribution >= 4 is 28.2 Å². The molecule has 4 rings (SSSR count). The van der Waals surface area contributed by atoms with Crippen LogP contribution >= 0.6 is 11.6 Å². The zero-order valence-corrected chi connectivity index (χ0v) is 21.7. The van der Waals surface area contributed by atoms with Crippen molar-refractivity contribution in [1.29, 1.82) is 0 Å². The molecule has 4 aromatic rings. The first-order chi connectivity index (χ1) is 17.9. The Balaban J connectivity index is 2.36. The van der Waals surface area contributed by atoms with Gasteiger partial charge in [-0.15, -0.1) is 0 Å². The van der Waals surface area contributed by atoms with E-state index >= 15 is 8.78 Å². The van der Waals surface area contributed by atoms with Crippen LogP contribution in [0.25, 0.3) is 27.7 Å². The number of hydrogen-bond acceptors (Lipinski definition) is 6. The van der Waals surface area contributed by atoms with Crippen molar-refractivity contribution in [1.82, 2.24) is 14.5 Å². The molecule has 0 aliphatic heterocycles. The predicted molar refractivity (Wildman–Crippen MR) is 137 cm³/mol. The van der Waals surface area contributed by atoms with Gasteiger partial charge in [-0.25, -0.2) is 23.1 Å². The van der Waals surface area contributed by atoms with Gasteiger partial charge in [0.1, 0.15) is 28.7 Å². The van der Waals surface area contributed by atoms with Crippen LogP contribution in [0.2, 0.25) is 5.02 Å². The molecule has 0 N–H and O–H groups in total. The van der Waals surface area contributed by atoms with Crippen molar-refractivity contribution in [3.8, 4) is 22.6 Å². The third-order valence-corrected chi connectivity index (χ3v) is 6.47. The lowest BCUT2D eigenvalue weighted by atomic mass is 9.98. The summed E-state index contributed by atoms with van der Waals surface area (Å²) in [4.78, 5) is 33.1. The summed E-state index contributed by atoms with van der Waals surface area (Å²) in [6, 6.07) is 4.35. The molecule has 0 saturated heterocycles. The molecule has 0 spiro atoms. The molecule has 0 atom stereocenters.